The van der Waals surface area contributed by atoms with Crippen LogP contribution in [0.15, 0.2) is 0 Å². The van der Waals surface area contributed by atoms with Gasteiger partial charge in [0.2, 0.25) is 0 Å². The molecule has 0 N–H and O–H groups in total. The lowest BCUT2D eigenvalue weighted by Gasteiger charge is -2.23. The Hall–Kier alpha value is 0.790. The highest BCUT2D eigenvalue weighted by Gasteiger charge is 2.06. The maximum Gasteiger partial charge on any atom is 0.00717 e. The third-order valence-electron chi connectivity index (χ3n) is 2.14. The zero-order valence-electron chi connectivity index (χ0n) is 8.35. The van der Waals surface area contributed by atoms with Crippen molar-refractivity contribution in [2.24, 2.45) is 0 Å². The molecule has 0 saturated heterocycles. The lowest BCUT2D eigenvalue weighted by molar-refractivity contribution is 0.255. The molecule has 3 heteroatoms. The summed E-state index contributed by atoms with van der Waals surface area (Å²) in [6.45, 7) is 3.52. The van der Waals surface area contributed by atoms with E-state index in [0.717, 1.165) is 11.4 Å². The number of halogens is 1. The van der Waals surface area contributed by atoms with Gasteiger partial charge in [-0.25, -0.2) is 0 Å². The molecule has 0 saturated carbocycles. The fourth-order valence-electron chi connectivity index (χ4n) is 1.04. The van der Waals surface area contributed by atoms with Gasteiger partial charge in [-0.05, 0) is 45.4 Å². The van der Waals surface area contributed by atoms with Gasteiger partial charge >= 0.3 is 0 Å². The molecule has 0 radical (unpaired) electrons. The molecule has 0 spiro atoms. The van der Waals surface area contributed by atoms with Crippen LogP contribution in [0.1, 0.15) is 19.8 Å². The highest BCUT2D eigenvalue weighted by atomic mass is 79.9. The Balaban J connectivity index is 3.39. The standard InChI is InChI=1S/C9H20BrNS/c1-9(5-8-12-3)11(2)7-4-6-10/h9H,4-8H2,1-3H3. The minimum Gasteiger partial charge on any atom is -0.304 e. The predicted octanol–water partition coefficient (Wildman–Crippen LogP) is 2.84. The van der Waals surface area contributed by atoms with Crippen molar-refractivity contribution in [2.45, 2.75) is 25.8 Å². The first-order valence-corrected chi connectivity index (χ1v) is 6.99. The Morgan fingerprint density at radius 3 is 2.67 bits per heavy atom. The molecule has 12 heavy (non-hydrogen) atoms. The van der Waals surface area contributed by atoms with Gasteiger partial charge in [0.1, 0.15) is 0 Å². The smallest absolute Gasteiger partial charge is 0.00717 e. The Kier molecular flexibility index (Phi) is 8.94. The molecule has 0 aromatic heterocycles. The molecule has 0 aliphatic rings. The fourth-order valence-corrected chi connectivity index (χ4v) is 1.87. The molecule has 0 amide bonds. The lowest BCUT2D eigenvalue weighted by Crippen LogP contribution is -2.30. The monoisotopic (exact) mass is 253 g/mol. The molecule has 0 aliphatic heterocycles. The second-order valence-electron chi connectivity index (χ2n) is 3.15. The van der Waals surface area contributed by atoms with Crippen LogP contribution in [0.4, 0.5) is 0 Å². The Morgan fingerprint density at radius 2 is 2.17 bits per heavy atom. The number of hydrogen-bond donors (Lipinski definition) is 0. The first kappa shape index (κ1) is 12.8. The van der Waals surface area contributed by atoms with Crippen LogP contribution in [0, 0.1) is 0 Å². The summed E-state index contributed by atoms with van der Waals surface area (Å²) in [5, 5.41) is 1.12. The Labute approximate surface area is 89.4 Å². The summed E-state index contributed by atoms with van der Waals surface area (Å²) < 4.78 is 0. The van der Waals surface area contributed by atoms with E-state index in [1.165, 1.54) is 25.1 Å². The molecule has 0 aliphatic carbocycles. The van der Waals surface area contributed by atoms with Gasteiger partial charge in [-0.15, -0.1) is 0 Å². The van der Waals surface area contributed by atoms with E-state index >= 15 is 0 Å². The van der Waals surface area contributed by atoms with Crippen LogP contribution in [-0.2, 0) is 0 Å². The second kappa shape index (κ2) is 8.39. The zero-order chi connectivity index (χ0) is 9.40. The maximum atomic E-state index is 3.45. The molecule has 1 atom stereocenters. The van der Waals surface area contributed by atoms with Crippen LogP contribution < -0.4 is 0 Å². The topological polar surface area (TPSA) is 3.24 Å². The van der Waals surface area contributed by atoms with E-state index < -0.39 is 0 Å². The van der Waals surface area contributed by atoms with E-state index in [0.29, 0.717) is 0 Å². The predicted molar refractivity (Wildman–Crippen MR) is 63.5 cm³/mol. The highest BCUT2D eigenvalue weighted by Crippen LogP contribution is 2.06. The van der Waals surface area contributed by atoms with Crippen LogP contribution in [0.3, 0.4) is 0 Å². The van der Waals surface area contributed by atoms with E-state index in [2.05, 4.69) is 41.1 Å². The number of nitrogens with zero attached hydrogens (tertiary/aromatic N) is 1. The molecule has 0 bridgehead atoms. The molecule has 1 unspecified atom stereocenters. The Bertz CT molecular complexity index is 88.5. The summed E-state index contributed by atoms with van der Waals surface area (Å²) in [4.78, 5) is 2.44. The number of rotatable bonds is 7. The van der Waals surface area contributed by atoms with Crippen molar-refractivity contribution in [3.63, 3.8) is 0 Å². The van der Waals surface area contributed by atoms with Crippen molar-refractivity contribution in [1.29, 1.82) is 0 Å². The summed E-state index contributed by atoms with van der Waals surface area (Å²) in [5.74, 6) is 1.28. The third-order valence-corrected chi connectivity index (χ3v) is 3.34. The van der Waals surface area contributed by atoms with Crippen molar-refractivity contribution in [1.82, 2.24) is 4.90 Å². The normalized spacial score (nSPS) is 13.8. The van der Waals surface area contributed by atoms with Crippen molar-refractivity contribution in [3.8, 4) is 0 Å². The van der Waals surface area contributed by atoms with Crippen LogP contribution in [0.25, 0.3) is 0 Å². The Morgan fingerprint density at radius 1 is 1.50 bits per heavy atom. The minimum atomic E-state index is 0.733. The van der Waals surface area contributed by atoms with Gasteiger partial charge in [-0.1, -0.05) is 15.9 Å². The minimum absolute atomic E-state index is 0.733. The number of hydrogen-bond acceptors (Lipinski definition) is 2. The van der Waals surface area contributed by atoms with E-state index in [-0.39, 0.29) is 0 Å². The van der Waals surface area contributed by atoms with E-state index in [1.54, 1.807) is 0 Å². The van der Waals surface area contributed by atoms with Gasteiger partial charge in [-0.2, -0.15) is 11.8 Å². The SMILES string of the molecule is CSCCC(C)N(C)CCCBr. The van der Waals surface area contributed by atoms with Gasteiger partial charge in [-0.3, -0.25) is 0 Å². The average Bonchev–Trinajstić information content (AvgIpc) is 2.10. The van der Waals surface area contributed by atoms with Gasteiger partial charge in [0.15, 0.2) is 0 Å². The second-order valence-corrected chi connectivity index (χ2v) is 4.93. The lowest BCUT2D eigenvalue weighted by atomic mass is 10.2. The van der Waals surface area contributed by atoms with Gasteiger partial charge in [0.25, 0.3) is 0 Å². The van der Waals surface area contributed by atoms with Crippen molar-refractivity contribution < 1.29 is 0 Å². The van der Waals surface area contributed by atoms with Gasteiger partial charge < -0.3 is 4.90 Å². The maximum absolute atomic E-state index is 3.45. The van der Waals surface area contributed by atoms with Gasteiger partial charge in [0, 0.05) is 11.4 Å². The molecule has 0 aromatic carbocycles. The quantitative estimate of drug-likeness (QED) is 0.643. The zero-order valence-corrected chi connectivity index (χ0v) is 10.7. The van der Waals surface area contributed by atoms with E-state index in [4.69, 9.17) is 0 Å². The van der Waals surface area contributed by atoms with Crippen LogP contribution in [0.5, 0.6) is 0 Å². The van der Waals surface area contributed by atoms with Crippen LogP contribution >= 0.6 is 27.7 Å². The molecule has 74 valence electrons. The molecule has 0 fully saturated rings. The first-order valence-electron chi connectivity index (χ1n) is 4.47. The first-order chi connectivity index (χ1) is 5.72. The van der Waals surface area contributed by atoms with Gasteiger partial charge in [0.05, 0.1) is 0 Å². The summed E-state index contributed by atoms with van der Waals surface area (Å²) in [6, 6.07) is 0.733. The fraction of sp³-hybridized carbons (Fsp3) is 1.00. The average molecular weight is 254 g/mol. The molecule has 0 rings (SSSR count). The number of alkyl halides is 1. The van der Waals surface area contributed by atoms with Crippen LogP contribution in [-0.4, -0.2) is 41.9 Å². The molecule has 0 heterocycles. The summed E-state index contributed by atoms with van der Waals surface area (Å²) >= 11 is 5.38. The van der Waals surface area contributed by atoms with Crippen molar-refractivity contribution in [3.05, 3.63) is 0 Å². The highest BCUT2D eigenvalue weighted by molar-refractivity contribution is 9.09. The summed E-state index contributed by atoms with van der Waals surface area (Å²) in [7, 11) is 2.22. The molecule has 1 nitrogen and oxygen atoms in total. The van der Waals surface area contributed by atoms with Crippen molar-refractivity contribution in [2.75, 3.05) is 30.9 Å². The molecular weight excluding hydrogens is 234 g/mol. The number of thioether (sulfide) groups is 1. The largest absolute Gasteiger partial charge is 0.304 e. The van der Waals surface area contributed by atoms with Crippen molar-refractivity contribution >= 4 is 27.7 Å². The summed E-state index contributed by atoms with van der Waals surface area (Å²) in [5.41, 5.74) is 0. The molecular formula is C9H20BrNS. The molecule has 0 aromatic rings. The van der Waals surface area contributed by atoms with E-state index in [1.807, 2.05) is 11.8 Å². The third kappa shape index (κ3) is 6.32. The van der Waals surface area contributed by atoms with Crippen LogP contribution in [0.2, 0.25) is 0 Å². The van der Waals surface area contributed by atoms with E-state index in [9.17, 15) is 0 Å². The summed E-state index contributed by atoms with van der Waals surface area (Å²) in [6.07, 6.45) is 4.73.